The van der Waals surface area contributed by atoms with Gasteiger partial charge in [-0.25, -0.2) is 28.9 Å². The third kappa shape index (κ3) is 5.58. The highest BCUT2D eigenvalue weighted by Gasteiger charge is 2.56. The van der Waals surface area contributed by atoms with Crippen LogP contribution >= 0.6 is 0 Å². The zero-order valence-corrected chi connectivity index (χ0v) is 23.1. The van der Waals surface area contributed by atoms with E-state index in [4.69, 9.17) is 14.2 Å². The first kappa shape index (κ1) is 28.9. The number of nitrogens with zero attached hydrogens (tertiary/aromatic N) is 4. The normalized spacial score (nSPS) is 22.6. The molecule has 2 aromatic carbocycles. The van der Waals surface area contributed by atoms with Gasteiger partial charge in [0.1, 0.15) is 24.4 Å². The SMILES string of the molecule is CCNC(=O)Nc1ncnc2c1ncn2C1OC(C(=O)Nc2c(F)cccc2C(=O)O)C2O[C@H](C=Cc3ccccc3)OC21. The molecule has 4 heterocycles. The van der Waals surface area contributed by atoms with Crippen molar-refractivity contribution in [2.24, 2.45) is 0 Å². The number of hydrogen-bond donors (Lipinski definition) is 4. The number of carboxylic acids is 1. The number of anilines is 2. The van der Waals surface area contributed by atoms with Gasteiger partial charge in [0.15, 0.2) is 35.6 Å². The summed E-state index contributed by atoms with van der Waals surface area (Å²) in [5.41, 5.74) is 0.481. The fourth-order valence-electron chi connectivity index (χ4n) is 5.02. The van der Waals surface area contributed by atoms with E-state index in [1.165, 1.54) is 29.4 Å². The number of para-hydroxylation sites is 1. The molecule has 0 bridgehead atoms. The van der Waals surface area contributed by atoms with Crippen LogP contribution in [0.15, 0.2) is 67.3 Å². The lowest BCUT2D eigenvalue weighted by molar-refractivity contribution is -0.148. The van der Waals surface area contributed by atoms with Crippen LogP contribution in [-0.2, 0) is 19.0 Å². The number of benzene rings is 2. The molecule has 15 heteroatoms. The highest BCUT2D eigenvalue weighted by atomic mass is 19.1. The third-order valence-electron chi connectivity index (χ3n) is 6.97. The van der Waals surface area contributed by atoms with E-state index in [1.54, 1.807) is 19.1 Å². The van der Waals surface area contributed by atoms with Gasteiger partial charge in [0.2, 0.25) is 0 Å². The van der Waals surface area contributed by atoms with Crippen molar-refractivity contribution in [3.05, 3.63) is 84.2 Å². The van der Waals surface area contributed by atoms with Crippen LogP contribution in [0.3, 0.4) is 0 Å². The van der Waals surface area contributed by atoms with Crippen molar-refractivity contribution in [1.29, 1.82) is 0 Å². The Morgan fingerprint density at radius 2 is 1.80 bits per heavy atom. The topological polar surface area (TPSA) is 179 Å². The number of urea groups is 1. The first-order chi connectivity index (χ1) is 21.3. The maximum atomic E-state index is 14.7. The minimum absolute atomic E-state index is 0.150. The minimum Gasteiger partial charge on any atom is -0.478 e. The number of fused-ring (bicyclic) bond motifs is 2. The number of carbonyl (C=O) groups excluding carboxylic acids is 2. The second-order valence-corrected chi connectivity index (χ2v) is 9.77. The molecule has 4 N–H and O–H groups in total. The quantitative estimate of drug-likeness (QED) is 0.234. The van der Waals surface area contributed by atoms with E-state index < -0.39 is 65.8 Å². The number of imidazole rings is 1. The van der Waals surface area contributed by atoms with Gasteiger partial charge in [-0.1, -0.05) is 42.5 Å². The molecule has 2 aromatic heterocycles. The number of amides is 3. The minimum atomic E-state index is -1.42. The highest BCUT2D eigenvalue weighted by Crippen LogP contribution is 2.41. The molecular formula is C29H26FN7O7. The van der Waals surface area contributed by atoms with Crippen LogP contribution in [0.1, 0.15) is 29.1 Å². The Morgan fingerprint density at radius 1 is 1.00 bits per heavy atom. The Balaban J connectivity index is 1.32. The Kier molecular flexibility index (Phi) is 7.97. The Morgan fingerprint density at radius 3 is 2.57 bits per heavy atom. The summed E-state index contributed by atoms with van der Waals surface area (Å²) in [4.78, 5) is 50.1. The summed E-state index contributed by atoms with van der Waals surface area (Å²) in [7, 11) is 0. The first-order valence-electron chi connectivity index (χ1n) is 13.6. The maximum Gasteiger partial charge on any atom is 0.337 e. The maximum absolute atomic E-state index is 14.7. The summed E-state index contributed by atoms with van der Waals surface area (Å²) in [6, 6.07) is 12.4. The molecular weight excluding hydrogens is 577 g/mol. The Hall–Kier alpha value is -5.25. The van der Waals surface area contributed by atoms with E-state index in [9.17, 15) is 23.9 Å². The second kappa shape index (κ2) is 12.2. The molecule has 3 amide bonds. The van der Waals surface area contributed by atoms with Crippen molar-refractivity contribution >= 4 is 46.7 Å². The van der Waals surface area contributed by atoms with E-state index in [0.717, 1.165) is 11.6 Å². The van der Waals surface area contributed by atoms with E-state index in [-0.39, 0.29) is 17.0 Å². The lowest BCUT2D eigenvalue weighted by atomic mass is 10.1. The molecule has 0 aliphatic carbocycles. The third-order valence-corrected chi connectivity index (χ3v) is 6.97. The van der Waals surface area contributed by atoms with E-state index in [2.05, 4.69) is 30.9 Å². The molecule has 14 nitrogen and oxygen atoms in total. The van der Waals surface area contributed by atoms with Crippen LogP contribution in [0.4, 0.5) is 20.7 Å². The number of halogens is 1. The lowest BCUT2D eigenvalue weighted by Crippen LogP contribution is -2.38. The zero-order valence-electron chi connectivity index (χ0n) is 23.1. The van der Waals surface area contributed by atoms with Crippen molar-refractivity contribution < 1.29 is 38.1 Å². The average Bonchev–Trinajstić information content (AvgIpc) is 3.72. The van der Waals surface area contributed by atoms with Gasteiger partial charge in [-0.3, -0.25) is 14.7 Å². The summed E-state index contributed by atoms with van der Waals surface area (Å²) in [6.45, 7) is 2.17. The summed E-state index contributed by atoms with van der Waals surface area (Å²) < 4.78 is 34.6. The van der Waals surface area contributed by atoms with Gasteiger partial charge in [-0.15, -0.1) is 0 Å². The number of rotatable bonds is 8. The van der Waals surface area contributed by atoms with E-state index in [0.29, 0.717) is 6.54 Å². The van der Waals surface area contributed by atoms with Crippen LogP contribution in [0.25, 0.3) is 17.2 Å². The number of hydrogen-bond acceptors (Lipinski definition) is 9. The Labute approximate surface area is 248 Å². The zero-order chi connectivity index (χ0) is 30.8. The number of carboxylic acid groups (broad SMARTS) is 1. The number of nitrogens with one attached hydrogen (secondary N) is 3. The molecule has 2 aliphatic heterocycles. The summed E-state index contributed by atoms with van der Waals surface area (Å²) in [5.74, 6) is -3.04. The molecule has 2 aliphatic rings. The standard InChI is InChI=1S/C29H26FN7O7/c1-2-31-29(41)36-24-20-25(33-13-32-24)37(14-34-20)27-23-21(42-18(43-23)12-11-15-7-4-3-5-8-15)22(44-27)26(38)35-19-16(28(39)40)9-6-10-17(19)30/h3-14,18,21-23,27H,2H2,1H3,(H,35,38)(H,39,40)(H2,31,32,33,36,41)/t18-,21?,22?,23?,27?/m0/s1. The van der Waals surface area contributed by atoms with Crippen LogP contribution in [0.5, 0.6) is 0 Å². The molecule has 2 fully saturated rings. The molecule has 0 saturated carbocycles. The van der Waals surface area contributed by atoms with Gasteiger partial charge in [0.25, 0.3) is 5.91 Å². The molecule has 4 aromatic rings. The molecule has 4 unspecified atom stereocenters. The van der Waals surface area contributed by atoms with Gasteiger partial charge < -0.3 is 30.0 Å². The predicted octanol–water partition coefficient (Wildman–Crippen LogP) is 3.16. The summed E-state index contributed by atoms with van der Waals surface area (Å²) in [5, 5.41) is 17.1. The fourth-order valence-corrected chi connectivity index (χ4v) is 5.02. The molecule has 44 heavy (non-hydrogen) atoms. The van der Waals surface area contributed by atoms with Crippen molar-refractivity contribution in [2.45, 2.75) is 37.8 Å². The van der Waals surface area contributed by atoms with Crippen LogP contribution in [-0.4, -0.2) is 73.7 Å². The van der Waals surface area contributed by atoms with Crippen molar-refractivity contribution in [3.63, 3.8) is 0 Å². The number of carbonyl (C=O) groups is 3. The number of aromatic nitrogens is 4. The molecule has 0 spiro atoms. The first-order valence-corrected chi connectivity index (χ1v) is 13.6. The average molecular weight is 604 g/mol. The summed E-state index contributed by atoms with van der Waals surface area (Å²) >= 11 is 0. The van der Waals surface area contributed by atoms with Crippen LogP contribution in [0, 0.1) is 5.82 Å². The highest BCUT2D eigenvalue weighted by molar-refractivity contribution is 6.02. The number of aromatic carboxylic acids is 1. The van der Waals surface area contributed by atoms with E-state index >= 15 is 0 Å². The largest absolute Gasteiger partial charge is 0.478 e. The number of ether oxygens (including phenoxy) is 3. The molecule has 0 radical (unpaired) electrons. The molecule has 5 atom stereocenters. The van der Waals surface area contributed by atoms with Gasteiger partial charge >= 0.3 is 12.0 Å². The molecule has 226 valence electrons. The van der Waals surface area contributed by atoms with Gasteiger partial charge in [-0.05, 0) is 30.7 Å². The van der Waals surface area contributed by atoms with Gasteiger partial charge in [0, 0.05) is 6.54 Å². The van der Waals surface area contributed by atoms with Gasteiger partial charge in [0.05, 0.1) is 17.6 Å². The second-order valence-electron chi connectivity index (χ2n) is 9.77. The summed E-state index contributed by atoms with van der Waals surface area (Å²) in [6.07, 6.45) is 1.02. The Bertz CT molecular complexity index is 1750. The van der Waals surface area contributed by atoms with Gasteiger partial charge in [-0.2, -0.15) is 0 Å². The van der Waals surface area contributed by atoms with Crippen molar-refractivity contribution in [3.8, 4) is 0 Å². The van der Waals surface area contributed by atoms with Crippen molar-refractivity contribution in [1.82, 2.24) is 24.8 Å². The van der Waals surface area contributed by atoms with Crippen LogP contribution in [0.2, 0.25) is 0 Å². The van der Waals surface area contributed by atoms with E-state index in [1.807, 2.05) is 30.3 Å². The van der Waals surface area contributed by atoms with Crippen LogP contribution < -0.4 is 16.0 Å². The smallest absolute Gasteiger partial charge is 0.337 e. The molecule has 2 saturated heterocycles. The molecule has 6 rings (SSSR count). The lowest BCUT2D eigenvalue weighted by Gasteiger charge is -2.20. The predicted molar refractivity (Wildman–Crippen MR) is 153 cm³/mol. The fraction of sp³-hybridized carbons (Fsp3) is 0.241. The monoisotopic (exact) mass is 603 g/mol. The van der Waals surface area contributed by atoms with Crippen molar-refractivity contribution in [2.75, 3.05) is 17.2 Å².